The van der Waals surface area contributed by atoms with E-state index in [0.717, 1.165) is 6.07 Å². The quantitative estimate of drug-likeness (QED) is 0.639. The van der Waals surface area contributed by atoms with Gasteiger partial charge in [-0.3, -0.25) is 0 Å². The summed E-state index contributed by atoms with van der Waals surface area (Å²) in [5, 5.41) is 25.6. The van der Waals surface area contributed by atoms with E-state index in [9.17, 15) is 4.39 Å². The third kappa shape index (κ3) is 2.54. The highest BCUT2D eigenvalue weighted by Crippen LogP contribution is 2.09. The van der Waals surface area contributed by atoms with Gasteiger partial charge in [0.05, 0.1) is 5.56 Å². The number of hydrogen-bond donors (Lipinski definition) is 2. The fourth-order valence-corrected chi connectivity index (χ4v) is 0.987. The van der Waals surface area contributed by atoms with Gasteiger partial charge in [0.2, 0.25) is 0 Å². The summed E-state index contributed by atoms with van der Waals surface area (Å²) in [5.74, 6) is -0.638. The summed E-state index contributed by atoms with van der Waals surface area (Å²) in [7, 11) is -1.49. The van der Waals surface area contributed by atoms with Crippen molar-refractivity contribution in [1.82, 2.24) is 0 Å². The highest BCUT2D eigenvalue weighted by molar-refractivity contribution is 6.40. The molecular weight excluding hydrogens is 172 g/mol. The van der Waals surface area contributed by atoms with Crippen LogP contribution in [0.5, 0.6) is 0 Å². The lowest BCUT2D eigenvalue weighted by atomic mass is 9.82. The van der Waals surface area contributed by atoms with E-state index in [-0.39, 0.29) is 11.9 Å². The molecule has 1 aromatic rings. The van der Waals surface area contributed by atoms with Gasteiger partial charge in [0.1, 0.15) is 11.9 Å². The highest BCUT2D eigenvalue weighted by atomic mass is 19.1. The van der Waals surface area contributed by atoms with Gasteiger partial charge in [0, 0.05) is 6.32 Å². The van der Waals surface area contributed by atoms with Crippen molar-refractivity contribution in [2.75, 3.05) is 0 Å². The Labute approximate surface area is 75.2 Å². The Balaban J connectivity index is 2.91. The van der Waals surface area contributed by atoms with Crippen LogP contribution in [0.3, 0.4) is 0 Å². The van der Waals surface area contributed by atoms with Crippen LogP contribution in [0, 0.1) is 17.1 Å². The molecule has 1 rings (SSSR count). The molecule has 3 nitrogen and oxygen atoms in total. The van der Waals surface area contributed by atoms with Crippen molar-refractivity contribution in [1.29, 1.82) is 5.26 Å². The lowest BCUT2D eigenvalue weighted by molar-refractivity contribution is 0.405. The highest BCUT2D eigenvalue weighted by Gasteiger charge is 2.09. The summed E-state index contributed by atoms with van der Waals surface area (Å²) in [6, 6.07) is 5.60. The van der Waals surface area contributed by atoms with Crippen LogP contribution in [0.15, 0.2) is 18.2 Å². The smallest absolute Gasteiger partial charge is 0.427 e. The van der Waals surface area contributed by atoms with Crippen molar-refractivity contribution in [3.8, 4) is 6.07 Å². The van der Waals surface area contributed by atoms with Crippen molar-refractivity contribution >= 4 is 7.12 Å². The van der Waals surface area contributed by atoms with E-state index in [1.165, 1.54) is 12.1 Å². The van der Waals surface area contributed by atoms with E-state index in [1.54, 1.807) is 6.07 Å². The second kappa shape index (κ2) is 4.03. The summed E-state index contributed by atoms with van der Waals surface area (Å²) in [5.41, 5.74) is 0.405. The molecule has 0 atom stereocenters. The molecule has 0 aliphatic rings. The van der Waals surface area contributed by atoms with E-state index in [1.807, 2.05) is 0 Å². The minimum Gasteiger partial charge on any atom is -0.427 e. The minimum absolute atomic E-state index is 0.0391. The van der Waals surface area contributed by atoms with Crippen LogP contribution < -0.4 is 0 Å². The Morgan fingerprint density at radius 3 is 2.62 bits per heavy atom. The third-order valence-electron chi connectivity index (χ3n) is 1.57. The lowest BCUT2D eigenvalue weighted by Crippen LogP contribution is -2.15. The van der Waals surface area contributed by atoms with Crippen molar-refractivity contribution < 1.29 is 14.4 Å². The molecule has 0 amide bonds. The number of benzene rings is 1. The molecule has 0 aliphatic carbocycles. The van der Waals surface area contributed by atoms with Crippen LogP contribution in [0.2, 0.25) is 0 Å². The third-order valence-corrected chi connectivity index (χ3v) is 1.57. The maximum atomic E-state index is 12.9. The number of rotatable bonds is 2. The van der Waals surface area contributed by atoms with Gasteiger partial charge in [0.15, 0.2) is 0 Å². The topological polar surface area (TPSA) is 64.2 Å². The molecule has 0 aromatic heterocycles. The number of hydrogen-bond acceptors (Lipinski definition) is 3. The number of nitriles is 1. The van der Waals surface area contributed by atoms with E-state index in [2.05, 4.69) is 0 Å². The van der Waals surface area contributed by atoms with Crippen LogP contribution in [0.4, 0.5) is 4.39 Å². The number of nitrogens with zero attached hydrogens (tertiary/aromatic N) is 1. The monoisotopic (exact) mass is 179 g/mol. The number of halogens is 1. The molecule has 0 spiro atoms. The van der Waals surface area contributed by atoms with Crippen LogP contribution in [0.1, 0.15) is 11.1 Å². The Morgan fingerprint density at radius 1 is 1.46 bits per heavy atom. The van der Waals surface area contributed by atoms with E-state index >= 15 is 0 Å². The second-order valence-corrected chi connectivity index (χ2v) is 2.61. The van der Waals surface area contributed by atoms with Crippen LogP contribution in [-0.4, -0.2) is 17.2 Å². The fraction of sp³-hybridized carbons (Fsp3) is 0.125. The zero-order chi connectivity index (χ0) is 9.84. The van der Waals surface area contributed by atoms with Crippen molar-refractivity contribution in [3.05, 3.63) is 35.1 Å². The molecular formula is C8H7BFNO2. The zero-order valence-electron chi connectivity index (χ0n) is 6.74. The molecule has 2 N–H and O–H groups in total. The van der Waals surface area contributed by atoms with E-state index in [4.69, 9.17) is 15.3 Å². The first-order valence-corrected chi connectivity index (χ1v) is 3.68. The lowest BCUT2D eigenvalue weighted by Gasteiger charge is -2.00. The molecule has 1 aromatic carbocycles. The molecule has 0 fully saturated rings. The van der Waals surface area contributed by atoms with Crippen molar-refractivity contribution in [3.63, 3.8) is 0 Å². The molecule has 0 unspecified atom stereocenters. The summed E-state index contributed by atoms with van der Waals surface area (Å²) in [6.45, 7) is 0. The van der Waals surface area contributed by atoms with Gasteiger partial charge in [0.25, 0.3) is 0 Å². The van der Waals surface area contributed by atoms with Crippen molar-refractivity contribution in [2.45, 2.75) is 6.32 Å². The maximum absolute atomic E-state index is 12.9. The first kappa shape index (κ1) is 9.71. The molecule has 66 valence electrons. The normalized spacial score (nSPS) is 9.38. The fourth-order valence-electron chi connectivity index (χ4n) is 0.987. The van der Waals surface area contributed by atoms with Gasteiger partial charge >= 0.3 is 7.12 Å². The molecule has 0 saturated carbocycles. The summed E-state index contributed by atoms with van der Waals surface area (Å²) in [6.07, 6.45) is -0.0391. The average Bonchev–Trinajstić information content (AvgIpc) is 2.03. The van der Waals surface area contributed by atoms with Crippen molar-refractivity contribution in [2.24, 2.45) is 0 Å². The first-order chi connectivity index (χ1) is 6.13. The molecule has 0 bridgehead atoms. The standard InChI is InChI=1S/C8H7BFNO2/c10-8-3-6(4-9(12)13)1-2-7(8)5-11/h1-3,12-13H,4H2. The van der Waals surface area contributed by atoms with Gasteiger partial charge < -0.3 is 10.0 Å². The Morgan fingerprint density at radius 2 is 2.15 bits per heavy atom. The summed E-state index contributed by atoms with van der Waals surface area (Å²) < 4.78 is 12.9. The van der Waals surface area contributed by atoms with Crippen LogP contribution >= 0.6 is 0 Å². The first-order valence-electron chi connectivity index (χ1n) is 3.68. The maximum Gasteiger partial charge on any atom is 0.456 e. The summed E-state index contributed by atoms with van der Waals surface area (Å²) >= 11 is 0. The van der Waals surface area contributed by atoms with Gasteiger partial charge in [-0.1, -0.05) is 6.07 Å². The molecule has 0 saturated heterocycles. The molecule has 13 heavy (non-hydrogen) atoms. The molecule has 0 radical (unpaired) electrons. The van der Waals surface area contributed by atoms with E-state index in [0.29, 0.717) is 5.56 Å². The SMILES string of the molecule is N#Cc1ccc(CB(O)O)cc1F. The largest absolute Gasteiger partial charge is 0.456 e. The second-order valence-electron chi connectivity index (χ2n) is 2.61. The predicted octanol–water partition coefficient (Wildman–Crippen LogP) is 0.252. The summed E-state index contributed by atoms with van der Waals surface area (Å²) in [4.78, 5) is 0. The Kier molecular flexibility index (Phi) is 3.01. The van der Waals surface area contributed by atoms with Gasteiger partial charge in [-0.25, -0.2) is 4.39 Å². The minimum atomic E-state index is -1.49. The molecule has 0 heterocycles. The van der Waals surface area contributed by atoms with Gasteiger partial charge in [-0.15, -0.1) is 0 Å². The average molecular weight is 179 g/mol. The zero-order valence-corrected chi connectivity index (χ0v) is 6.74. The molecule has 5 heteroatoms. The predicted molar refractivity (Wildman–Crippen MR) is 45.0 cm³/mol. The Hall–Kier alpha value is -1.38. The van der Waals surface area contributed by atoms with Crippen LogP contribution in [0.25, 0.3) is 0 Å². The van der Waals surface area contributed by atoms with E-state index < -0.39 is 12.9 Å². The van der Waals surface area contributed by atoms with Gasteiger partial charge in [-0.05, 0) is 17.7 Å². The van der Waals surface area contributed by atoms with Gasteiger partial charge in [-0.2, -0.15) is 5.26 Å². The molecule has 0 aliphatic heterocycles. The van der Waals surface area contributed by atoms with Crippen LogP contribution in [-0.2, 0) is 6.32 Å². The Bertz CT molecular complexity index is 348.